The molecule has 2 aromatic carbocycles. The van der Waals surface area contributed by atoms with Gasteiger partial charge in [0.05, 0.1) is 6.61 Å². The number of aliphatic hydroxyl groups excluding tert-OH is 1. The van der Waals surface area contributed by atoms with Gasteiger partial charge in [-0.15, -0.1) is 0 Å². The third-order valence-corrected chi connectivity index (χ3v) is 2.68. The fraction of sp³-hybridized carbons (Fsp3) is 0.118. The molecular formula is C17H17NO3. The van der Waals surface area contributed by atoms with Gasteiger partial charge in [-0.25, -0.2) is 0 Å². The van der Waals surface area contributed by atoms with Gasteiger partial charge in [-0.05, 0) is 35.9 Å². The highest BCUT2D eigenvalue weighted by atomic mass is 16.5. The topological polar surface area (TPSA) is 58.6 Å². The SMILES string of the molecule is O=C(C=Cc1cccc(Oc2ccccc2)c1)NCCO. The fourth-order valence-electron chi connectivity index (χ4n) is 1.72. The molecule has 2 N–H and O–H groups in total. The number of hydrogen-bond donors (Lipinski definition) is 2. The Kier molecular flexibility index (Phi) is 5.55. The Labute approximate surface area is 123 Å². The van der Waals surface area contributed by atoms with Crippen LogP contribution in [0.3, 0.4) is 0 Å². The van der Waals surface area contributed by atoms with Crippen LogP contribution in [0.4, 0.5) is 0 Å². The van der Waals surface area contributed by atoms with Crippen molar-refractivity contribution in [3.63, 3.8) is 0 Å². The molecule has 108 valence electrons. The quantitative estimate of drug-likeness (QED) is 0.801. The van der Waals surface area contributed by atoms with Gasteiger partial charge in [0.2, 0.25) is 5.91 Å². The number of nitrogens with one attached hydrogen (secondary N) is 1. The number of carbonyl (C=O) groups excluding carboxylic acids is 1. The van der Waals surface area contributed by atoms with Crippen LogP contribution in [0.1, 0.15) is 5.56 Å². The minimum absolute atomic E-state index is 0.0695. The molecule has 0 saturated heterocycles. The van der Waals surface area contributed by atoms with E-state index in [0.717, 1.165) is 11.3 Å². The van der Waals surface area contributed by atoms with Gasteiger partial charge in [0.15, 0.2) is 0 Å². The molecule has 0 aliphatic carbocycles. The molecule has 0 spiro atoms. The third kappa shape index (κ3) is 5.12. The number of ether oxygens (including phenoxy) is 1. The second-order valence-electron chi connectivity index (χ2n) is 4.34. The van der Waals surface area contributed by atoms with Crippen LogP contribution >= 0.6 is 0 Å². The highest BCUT2D eigenvalue weighted by molar-refractivity contribution is 5.91. The average Bonchev–Trinajstić information content (AvgIpc) is 2.52. The number of amides is 1. The normalized spacial score (nSPS) is 10.5. The van der Waals surface area contributed by atoms with E-state index >= 15 is 0 Å². The van der Waals surface area contributed by atoms with E-state index in [0.29, 0.717) is 5.75 Å². The number of aliphatic hydroxyl groups is 1. The van der Waals surface area contributed by atoms with E-state index in [1.54, 1.807) is 6.08 Å². The first-order valence-electron chi connectivity index (χ1n) is 6.67. The lowest BCUT2D eigenvalue weighted by molar-refractivity contribution is -0.116. The number of para-hydroxylation sites is 1. The summed E-state index contributed by atoms with van der Waals surface area (Å²) in [6.45, 7) is 0.181. The molecule has 0 aliphatic heterocycles. The van der Waals surface area contributed by atoms with Crippen LogP contribution in [0, 0.1) is 0 Å². The molecule has 0 fully saturated rings. The Balaban J connectivity index is 2.01. The Bertz CT molecular complexity index is 608. The van der Waals surface area contributed by atoms with Gasteiger partial charge < -0.3 is 15.2 Å². The standard InChI is InChI=1S/C17H17NO3/c19-12-11-18-17(20)10-9-14-5-4-8-16(13-14)21-15-6-2-1-3-7-15/h1-10,13,19H,11-12H2,(H,18,20). The Hall–Kier alpha value is -2.59. The molecule has 0 radical (unpaired) electrons. The first-order valence-corrected chi connectivity index (χ1v) is 6.67. The monoisotopic (exact) mass is 283 g/mol. The molecule has 2 aromatic rings. The predicted octanol–water partition coefficient (Wildman–Crippen LogP) is 2.60. The van der Waals surface area contributed by atoms with E-state index in [2.05, 4.69) is 5.32 Å². The molecule has 0 aromatic heterocycles. The summed E-state index contributed by atoms with van der Waals surface area (Å²) in [5.74, 6) is 1.23. The van der Waals surface area contributed by atoms with Crippen LogP contribution in [0.5, 0.6) is 11.5 Å². The summed E-state index contributed by atoms with van der Waals surface area (Å²) < 4.78 is 5.72. The molecule has 0 atom stereocenters. The molecule has 4 heteroatoms. The molecule has 1 amide bonds. The fourth-order valence-corrected chi connectivity index (χ4v) is 1.72. The maximum atomic E-state index is 11.4. The van der Waals surface area contributed by atoms with E-state index in [1.165, 1.54) is 6.08 Å². The van der Waals surface area contributed by atoms with Crippen molar-refractivity contribution in [1.29, 1.82) is 0 Å². The smallest absolute Gasteiger partial charge is 0.244 e. The number of rotatable bonds is 6. The Morgan fingerprint density at radius 1 is 1.10 bits per heavy atom. The largest absolute Gasteiger partial charge is 0.457 e. The lowest BCUT2D eigenvalue weighted by Gasteiger charge is -2.05. The van der Waals surface area contributed by atoms with Crippen molar-refractivity contribution in [2.24, 2.45) is 0 Å². The second kappa shape index (κ2) is 7.87. The number of benzene rings is 2. The van der Waals surface area contributed by atoms with Crippen molar-refractivity contribution >= 4 is 12.0 Å². The van der Waals surface area contributed by atoms with Crippen molar-refractivity contribution in [3.8, 4) is 11.5 Å². The average molecular weight is 283 g/mol. The van der Waals surface area contributed by atoms with Crippen LogP contribution in [0.2, 0.25) is 0 Å². The van der Waals surface area contributed by atoms with Gasteiger partial charge in [-0.1, -0.05) is 30.3 Å². The van der Waals surface area contributed by atoms with Gasteiger partial charge in [0.1, 0.15) is 11.5 Å². The molecular weight excluding hydrogens is 266 g/mol. The van der Waals surface area contributed by atoms with Crippen molar-refractivity contribution in [2.45, 2.75) is 0 Å². The van der Waals surface area contributed by atoms with E-state index in [-0.39, 0.29) is 19.1 Å². The van der Waals surface area contributed by atoms with Crippen molar-refractivity contribution in [3.05, 3.63) is 66.2 Å². The van der Waals surface area contributed by atoms with Crippen LogP contribution in [-0.2, 0) is 4.79 Å². The molecule has 4 nitrogen and oxygen atoms in total. The van der Waals surface area contributed by atoms with Gasteiger partial charge in [-0.2, -0.15) is 0 Å². The van der Waals surface area contributed by atoms with E-state index in [9.17, 15) is 4.79 Å². The summed E-state index contributed by atoms with van der Waals surface area (Å²) in [7, 11) is 0. The minimum Gasteiger partial charge on any atom is -0.457 e. The second-order valence-corrected chi connectivity index (χ2v) is 4.34. The maximum absolute atomic E-state index is 11.4. The molecule has 21 heavy (non-hydrogen) atoms. The highest BCUT2D eigenvalue weighted by Crippen LogP contribution is 2.22. The summed E-state index contributed by atoms with van der Waals surface area (Å²) in [5.41, 5.74) is 0.863. The maximum Gasteiger partial charge on any atom is 0.244 e. The van der Waals surface area contributed by atoms with Gasteiger partial charge in [-0.3, -0.25) is 4.79 Å². The zero-order chi connectivity index (χ0) is 14.9. The molecule has 0 saturated carbocycles. The highest BCUT2D eigenvalue weighted by Gasteiger charge is 1.98. The minimum atomic E-state index is -0.238. The predicted molar refractivity (Wildman–Crippen MR) is 82.1 cm³/mol. The summed E-state index contributed by atoms with van der Waals surface area (Å²) in [6, 6.07) is 17.0. The third-order valence-electron chi connectivity index (χ3n) is 2.68. The zero-order valence-electron chi connectivity index (χ0n) is 11.5. The summed E-state index contributed by atoms with van der Waals surface area (Å²) in [4.78, 5) is 11.4. The van der Waals surface area contributed by atoms with Crippen LogP contribution in [0.25, 0.3) is 6.08 Å². The van der Waals surface area contributed by atoms with Crippen LogP contribution in [-0.4, -0.2) is 24.2 Å². The number of carbonyl (C=O) groups is 1. The Morgan fingerprint density at radius 2 is 1.86 bits per heavy atom. The van der Waals surface area contributed by atoms with E-state index in [1.807, 2.05) is 54.6 Å². The first-order chi connectivity index (χ1) is 10.3. The van der Waals surface area contributed by atoms with Crippen LogP contribution in [0.15, 0.2) is 60.7 Å². The molecule has 2 rings (SSSR count). The van der Waals surface area contributed by atoms with Crippen LogP contribution < -0.4 is 10.1 Å². The number of hydrogen-bond acceptors (Lipinski definition) is 3. The summed E-state index contributed by atoms with van der Waals surface area (Å²) in [6.07, 6.45) is 3.13. The molecule has 0 aliphatic rings. The summed E-state index contributed by atoms with van der Waals surface area (Å²) >= 11 is 0. The molecule has 0 unspecified atom stereocenters. The lowest BCUT2D eigenvalue weighted by atomic mass is 10.2. The zero-order valence-corrected chi connectivity index (χ0v) is 11.5. The summed E-state index contributed by atoms with van der Waals surface area (Å²) in [5, 5.41) is 11.2. The van der Waals surface area contributed by atoms with Crippen molar-refractivity contribution < 1.29 is 14.6 Å². The molecule has 0 bridgehead atoms. The first kappa shape index (κ1) is 14.8. The van der Waals surface area contributed by atoms with E-state index < -0.39 is 0 Å². The van der Waals surface area contributed by atoms with Crippen molar-refractivity contribution in [2.75, 3.05) is 13.2 Å². The lowest BCUT2D eigenvalue weighted by Crippen LogP contribution is -2.24. The van der Waals surface area contributed by atoms with Gasteiger partial charge in [0.25, 0.3) is 0 Å². The molecule has 0 heterocycles. The van der Waals surface area contributed by atoms with Crippen molar-refractivity contribution in [1.82, 2.24) is 5.32 Å². The van der Waals surface area contributed by atoms with Gasteiger partial charge >= 0.3 is 0 Å². The Morgan fingerprint density at radius 3 is 2.62 bits per heavy atom. The van der Waals surface area contributed by atoms with E-state index in [4.69, 9.17) is 9.84 Å². The van der Waals surface area contributed by atoms with Gasteiger partial charge in [0, 0.05) is 12.6 Å².